The number of aliphatic imine (C=N–C) groups is 1. The molecule has 1 saturated heterocycles. The van der Waals surface area contributed by atoms with Crippen LogP contribution in [0.1, 0.15) is 24.0 Å². The third kappa shape index (κ3) is 5.96. The number of rotatable bonds is 6. The fourth-order valence-electron chi connectivity index (χ4n) is 4.04. The molecule has 2 aliphatic rings. The highest BCUT2D eigenvalue weighted by atomic mass is 127. The molecule has 2 aromatic carbocycles. The fraction of sp³-hybridized carbons (Fsp3) is 0.435. The summed E-state index contributed by atoms with van der Waals surface area (Å²) in [6.45, 7) is 3.36. The van der Waals surface area contributed by atoms with Gasteiger partial charge in [-0.3, -0.25) is 4.99 Å². The molecule has 31 heavy (non-hydrogen) atoms. The van der Waals surface area contributed by atoms with E-state index in [2.05, 4.69) is 33.8 Å². The van der Waals surface area contributed by atoms with Gasteiger partial charge in [-0.05, 0) is 54.7 Å². The van der Waals surface area contributed by atoms with Crippen molar-refractivity contribution in [1.29, 1.82) is 0 Å². The first-order chi connectivity index (χ1) is 14.7. The summed E-state index contributed by atoms with van der Waals surface area (Å²) < 4.78 is 16.5. The van der Waals surface area contributed by atoms with Crippen LogP contribution in [-0.4, -0.2) is 46.1 Å². The standard InChI is InChI=1S/C23H28ClN3O3.HI/c1-25-22(26-10-7-17-5-6-20-21(13-17)30-16-29-20)27-15-23(8-11-28-12-9-23)18-3-2-4-19(24)14-18;/h2-6,13-14H,7-12,15-16H2,1H3,(H2,25,26,27);1H. The average Bonchev–Trinajstić information content (AvgIpc) is 3.25. The molecular formula is C23H29ClIN3O3. The van der Waals surface area contributed by atoms with Gasteiger partial charge in [0.25, 0.3) is 0 Å². The van der Waals surface area contributed by atoms with Crippen LogP contribution in [0.25, 0.3) is 0 Å². The largest absolute Gasteiger partial charge is 0.454 e. The van der Waals surface area contributed by atoms with Gasteiger partial charge in [0.15, 0.2) is 17.5 Å². The minimum Gasteiger partial charge on any atom is -0.454 e. The molecule has 1 fully saturated rings. The van der Waals surface area contributed by atoms with Gasteiger partial charge in [-0.25, -0.2) is 0 Å². The van der Waals surface area contributed by atoms with E-state index in [1.54, 1.807) is 7.05 Å². The highest BCUT2D eigenvalue weighted by molar-refractivity contribution is 14.0. The first-order valence-electron chi connectivity index (χ1n) is 10.4. The van der Waals surface area contributed by atoms with Gasteiger partial charge in [-0.1, -0.05) is 29.8 Å². The predicted molar refractivity (Wildman–Crippen MR) is 134 cm³/mol. The van der Waals surface area contributed by atoms with E-state index in [1.165, 1.54) is 11.1 Å². The van der Waals surface area contributed by atoms with Crippen molar-refractivity contribution in [3.8, 4) is 11.5 Å². The summed E-state index contributed by atoms with van der Waals surface area (Å²) in [7, 11) is 1.80. The highest BCUT2D eigenvalue weighted by Crippen LogP contribution is 2.35. The third-order valence-corrected chi connectivity index (χ3v) is 6.08. The zero-order valence-corrected chi connectivity index (χ0v) is 20.7. The molecule has 168 valence electrons. The molecule has 6 nitrogen and oxygen atoms in total. The summed E-state index contributed by atoms with van der Waals surface area (Å²) in [6, 6.07) is 14.2. The molecule has 2 heterocycles. The molecule has 2 aliphatic heterocycles. The lowest BCUT2D eigenvalue weighted by Gasteiger charge is -2.38. The molecule has 8 heteroatoms. The molecule has 0 radical (unpaired) electrons. The third-order valence-electron chi connectivity index (χ3n) is 5.85. The molecule has 2 N–H and O–H groups in total. The maximum absolute atomic E-state index is 6.27. The van der Waals surface area contributed by atoms with E-state index >= 15 is 0 Å². The Bertz CT molecular complexity index is 903. The molecule has 0 bridgehead atoms. The number of halogens is 2. The molecule has 2 aromatic rings. The van der Waals surface area contributed by atoms with Crippen molar-refractivity contribution in [2.45, 2.75) is 24.7 Å². The molecule has 0 spiro atoms. The topological polar surface area (TPSA) is 64.1 Å². The van der Waals surface area contributed by atoms with Crippen LogP contribution in [0.3, 0.4) is 0 Å². The summed E-state index contributed by atoms with van der Waals surface area (Å²) in [5, 5.41) is 7.70. The minimum absolute atomic E-state index is 0. The molecule has 0 aromatic heterocycles. The number of fused-ring (bicyclic) bond motifs is 1. The summed E-state index contributed by atoms with van der Waals surface area (Å²) in [5.74, 6) is 2.42. The number of guanidine groups is 1. The Morgan fingerprint density at radius 3 is 2.65 bits per heavy atom. The monoisotopic (exact) mass is 557 g/mol. The van der Waals surface area contributed by atoms with E-state index in [9.17, 15) is 0 Å². The molecule has 0 aliphatic carbocycles. The number of hydrogen-bond donors (Lipinski definition) is 2. The molecule has 0 unspecified atom stereocenters. The summed E-state index contributed by atoms with van der Waals surface area (Å²) in [6.07, 6.45) is 2.77. The van der Waals surface area contributed by atoms with Crippen molar-refractivity contribution in [2.24, 2.45) is 4.99 Å². The normalized spacial score (nSPS) is 17.0. The second-order valence-corrected chi connectivity index (χ2v) is 8.13. The summed E-state index contributed by atoms with van der Waals surface area (Å²) in [5.41, 5.74) is 2.43. The van der Waals surface area contributed by atoms with Gasteiger partial charge in [0.1, 0.15) is 0 Å². The quantitative estimate of drug-likeness (QED) is 0.318. The van der Waals surface area contributed by atoms with Crippen molar-refractivity contribution in [3.05, 3.63) is 58.6 Å². The van der Waals surface area contributed by atoms with Crippen LogP contribution >= 0.6 is 35.6 Å². The van der Waals surface area contributed by atoms with Crippen molar-refractivity contribution >= 4 is 41.5 Å². The Balaban J connectivity index is 0.00000272. The van der Waals surface area contributed by atoms with Crippen LogP contribution in [-0.2, 0) is 16.6 Å². The fourth-order valence-corrected chi connectivity index (χ4v) is 4.23. The smallest absolute Gasteiger partial charge is 0.231 e. The number of nitrogens with one attached hydrogen (secondary N) is 2. The van der Waals surface area contributed by atoms with Gasteiger partial charge in [0.2, 0.25) is 6.79 Å². The van der Waals surface area contributed by atoms with Crippen LogP contribution in [0, 0.1) is 0 Å². The Labute approximate surface area is 205 Å². The van der Waals surface area contributed by atoms with E-state index in [4.69, 9.17) is 25.8 Å². The van der Waals surface area contributed by atoms with Crippen LogP contribution in [0.15, 0.2) is 47.5 Å². The SMILES string of the molecule is CN=C(NCCc1ccc2c(c1)OCO2)NCC1(c2cccc(Cl)c2)CCOCC1.I. The zero-order chi connectivity index (χ0) is 20.8. The predicted octanol–water partition coefficient (Wildman–Crippen LogP) is 4.14. The Morgan fingerprint density at radius 1 is 1.06 bits per heavy atom. The second-order valence-electron chi connectivity index (χ2n) is 7.69. The highest BCUT2D eigenvalue weighted by Gasteiger charge is 2.34. The van der Waals surface area contributed by atoms with Crippen LogP contribution in [0.4, 0.5) is 0 Å². The van der Waals surface area contributed by atoms with E-state index < -0.39 is 0 Å². The number of hydrogen-bond acceptors (Lipinski definition) is 4. The number of ether oxygens (including phenoxy) is 3. The number of nitrogens with zero attached hydrogens (tertiary/aromatic N) is 1. The zero-order valence-electron chi connectivity index (χ0n) is 17.7. The minimum atomic E-state index is -0.0158. The van der Waals surface area contributed by atoms with Gasteiger partial charge in [-0.2, -0.15) is 0 Å². The molecular weight excluding hydrogens is 529 g/mol. The van der Waals surface area contributed by atoms with Crippen LogP contribution in [0.5, 0.6) is 11.5 Å². The molecule has 0 amide bonds. The van der Waals surface area contributed by atoms with E-state index in [1.807, 2.05) is 24.3 Å². The van der Waals surface area contributed by atoms with Crippen molar-refractivity contribution < 1.29 is 14.2 Å². The Morgan fingerprint density at radius 2 is 1.87 bits per heavy atom. The average molecular weight is 558 g/mol. The first kappa shape index (κ1) is 23.9. The van der Waals surface area contributed by atoms with E-state index in [-0.39, 0.29) is 29.4 Å². The Hall–Kier alpha value is -1.71. The van der Waals surface area contributed by atoms with Crippen LogP contribution in [0.2, 0.25) is 5.02 Å². The maximum Gasteiger partial charge on any atom is 0.231 e. The number of benzene rings is 2. The van der Waals surface area contributed by atoms with Gasteiger partial charge in [0, 0.05) is 43.8 Å². The molecule has 0 saturated carbocycles. The lowest BCUT2D eigenvalue weighted by Crippen LogP contribution is -2.48. The summed E-state index contributed by atoms with van der Waals surface area (Å²) >= 11 is 6.27. The van der Waals surface area contributed by atoms with Crippen molar-refractivity contribution in [3.63, 3.8) is 0 Å². The lowest BCUT2D eigenvalue weighted by molar-refractivity contribution is 0.0514. The van der Waals surface area contributed by atoms with E-state index in [0.29, 0.717) is 6.79 Å². The maximum atomic E-state index is 6.27. The van der Waals surface area contributed by atoms with Crippen molar-refractivity contribution in [2.75, 3.05) is 40.1 Å². The van der Waals surface area contributed by atoms with E-state index in [0.717, 1.165) is 68.0 Å². The van der Waals surface area contributed by atoms with Gasteiger partial charge < -0.3 is 24.8 Å². The van der Waals surface area contributed by atoms with Gasteiger partial charge in [-0.15, -0.1) is 24.0 Å². The van der Waals surface area contributed by atoms with Crippen LogP contribution < -0.4 is 20.1 Å². The second kappa shape index (κ2) is 11.2. The van der Waals surface area contributed by atoms with Gasteiger partial charge >= 0.3 is 0 Å². The summed E-state index contributed by atoms with van der Waals surface area (Å²) in [4.78, 5) is 4.40. The first-order valence-corrected chi connectivity index (χ1v) is 10.7. The Kier molecular flexibility index (Phi) is 8.68. The molecule has 0 atom stereocenters. The lowest BCUT2D eigenvalue weighted by atomic mass is 9.74. The van der Waals surface area contributed by atoms with Gasteiger partial charge in [0.05, 0.1) is 0 Å². The molecule has 4 rings (SSSR count). The van der Waals surface area contributed by atoms with Crippen molar-refractivity contribution in [1.82, 2.24) is 10.6 Å².